The van der Waals surface area contributed by atoms with Crippen molar-refractivity contribution in [2.75, 3.05) is 38.8 Å². The largest absolute Gasteiger partial charge is 0.497 e. The normalized spacial score (nSPS) is 17.6. The van der Waals surface area contributed by atoms with Crippen molar-refractivity contribution >= 4 is 17.7 Å². The molecule has 1 unspecified atom stereocenters. The van der Waals surface area contributed by atoms with Crippen molar-refractivity contribution in [1.82, 2.24) is 10.6 Å². The third-order valence-electron chi connectivity index (χ3n) is 5.94. The van der Waals surface area contributed by atoms with Crippen molar-refractivity contribution in [2.45, 2.75) is 25.8 Å². The lowest BCUT2D eigenvalue weighted by Gasteiger charge is -2.36. The fourth-order valence-corrected chi connectivity index (χ4v) is 4.45. The Kier molecular flexibility index (Phi) is 6.72. The molecule has 0 aromatic heterocycles. The monoisotopic (exact) mass is 451 g/mol. The first-order valence-electron chi connectivity index (χ1n) is 11.1. The zero-order valence-electron chi connectivity index (χ0n) is 19.1. The summed E-state index contributed by atoms with van der Waals surface area (Å²) in [6.45, 7) is 3.13. The molecule has 1 atom stereocenters. The van der Waals surface area contributed by atoms with Gasteiger partial charge in [0.25, 0.3) is 0 Å². The van der Waals surface area contributed by atoms with Gasteiger partial charge in [0.1, 0.15) is 11.5 Å². The second kappa shape index (κ2) is 9.85. The van der Waals surface area contributed by atoms with Gasteiger partial charge in [-0.1, -0.05) is 24.3 Å². The van der Waals surface area contributed by atoms with E-state index in [1.165, 1.54) is 5.56 Å². The number of carbonyl (C=O) groups excluding carboxylic acids is 2. The Bertz CT molecular complexity index is 1050. The summed E-state index contributed by atoms with van der Waals surface area (Å²) in [4.78, 5) is 27.9. The molecule has 0 bridgehead atoms. The van der Waals surface area contributed by atoms with Crippen molar-refractivity contribution in [1.29, 1.82) is 0 Å². The molecule has 33 heavy (non-hydrogen) atoms. The lowest BCUT2D eigenvalue weighted by molar-refractivity contribution is -0.139. The second-order valence-corrected chi connectivity index (χ2v) is 7.91. The first-order chi connectivity index (χ1) is 16.0. The summed E-state index contributed by atoms with van der Waals surface area (Å²) < 4.78 is 16.3. The van der Waals surface area contributed by atoms with E-state index in [0.29, 0.717) is 23.6 Å². The number of urea groups is 1. The molecule has 8 nitrogen and oxygen atoms in total. The summed E-state index contributed by atoms with van der Waals surface area (Å²) in [5.74, 6) is 1.01. The summed E-state index contributed by atoms with van der Waals surface area (Å²) in [7, 11) is 3.24. The van der Waals surface area contributed by atoms with Crippen LogP contribution in [0.15, 0.2) is 53.7 Å². The lowest BCUT2D eigenvalue weighted by Crippen LogP contribution is -2.49. The average molecular weight is 452 g/mol. The zero-order chi connectivity index (χ0) is 23.4. The third kappa shape index (κ3) is 4.60. The van der Waals surface area contributed by atoms with Crippen molar-refractivity contribution < 1.29 is 23.8 Å². The summed E-state index contributed by atoms with van der Waals surface area (Å²) >= 11 is 0. The number of esters is 1. The van der Waals surface area contributed by atoms with Crippen LogP contribution in [0.5, 0.6) is 11.5 Å². The Hall–Kier alpha value is -3.68. The first-order valence-corrected chi connectivity index (χ1v) is 11.1. The lowest BCUT2D eigenvalue weighted by atomic mass is 9.94. The van der Waals surface area contributed by atoms with Crippen LogP contribution in [0.2, 0.25) is 0 Å². The molecule has 8 heteroatoms. The highest BCUT2D eigenvalue weighted by molar-refractivity contribution is 5.95. The third-order valence-corrected chi connectivity index (χ3v) is 5.94. The number of nitrogens with one attached hydrogen (secondary N) is 2. The number of aryl methyl sites for hydroxylation is 1. The van der Waals surface area contributed by atoms with Gasteiger partial charge in [-0.05, 0) is 49.1 Å². The smallest absolute Gasteiger partial charge is 0.338 e. The predicted octanol–water partition coefficient (Wildman–Crippen LogP) is 3.33. The molecule has 4 rings (SSSR count). The number of carbonyl (C=O) groups is 2. The van der Waals surface area contributed by atoms with E-state index < -0.39 is 12.0 Å². The Labute approximate surface area is 193 Å². The number of anilines is 1. The summed E-state index contributed by atoms with van der Waals surface area (Å²) in [5.41, 5.74) is 3.87. The molecule has 0 aliphatic carbocycles. The first kappa shape index (κ1) is 22.5. The summed E-state index contributed by atoms with van der Waals surface area (Å²) in [6, 6.07) is 12.3. The Morgan fingerprint density at radius 2 is 1.91 bits per heavy atom. The fourth-order valence-electron chi connectivity index (χ4n) is 4.45. The number of methoxy groups -OCH3 is 2. The molecule has 2 aromatic carbocycles. The molecular formula is C25H29N3O5. The van der Waals surface area contributed by atoms with E-state index in [1.807, 2.05) is 24.3 Å². The van der Waals surface area contributed by atoms with E-state index in [-0.39, 0.29) is 12.6 Å². The molecule has 2 aromatic rings. The number of hydrogen-bond donors (Lipinski definition) is 2. The highest BCUT2D eigenvalue weighted by atomic mass is 16.5. The standard InChI is InChI=1S/C25H29N3O5/c1-4-33-24(29)21-19(15-28-14-6-8-17-7-5-9-20(32-3)23(17)28)26-25(30)27-22(21)16-10-12-18(31-2)13-11-16/h5,7,9-13,22H,4,6,8,14-15H2,1-3H3,(H2,26,27,30). The zero-order valence-corrected chi connectivity index (χ0v) is 19.1. The van der Waals surface area contributed by atoms with Gasteiger partial charge in [0.15, 0.2) is 0 Å². The van der Waals surface area contributed by atoms with Crippen LogP contribution >= 0.6 is 0 Å². The van der Waals surface area contributed by atoms with Gasteiger partial charge in [-0.2, -0.15) is 0 Å². The van der Waals surface area contributed by atoms with Gasteiger partial charge >= 0.3 is 12.0 Å². The van der Waals surface area contributed by atoms with Gasteiger partial charge in [-0.15, -0.1) is 0 Å². The highest BCUT2D eigenvalue weighted by Crippen LogP contribution is 2.37. The molecule has 174 valence electrons. The Morgan fingerprint density at radius 3 is 2.61 bits per heavy atom. The predicted molar refractivity (Wildman–Crippen MR) is 125 cm³/mol. The molecule has 2 N–H and O–H groups in total. The highest BCUT2D eigenvalue weighted by Gasteiger charge is 2.35. The topological polar surface area (TPSA) is 89.1 Å². The maximum absolute atomic E-state index is 13.1. The number of fused-ring (bicyclic) bond motifs is 1. The Morgan fingerprint density at radius 1 is 1.12 bits per heavy atom. The molecule has 0 saturated heterocycles. The van der Waals surface area contributed by atoms with Crippen molar-refractivity contribution in [3.05, 3.63) is 64.9 Å². The van der Waals surface area contributed by atoms with Crippen LogP contribution in [0.4, 0.5) is 10.5 Å². The van der Waals surface area contributed by atoms with Crippen LogP contribution in [-0.2, 0) is 16.0 Å². The van der Waals surface area contributed by atoms with E-state index in [9.17, 15) is 9.59 Å². The second-order valence-electron chi connectivity index (χ2n) is 7.91. The minimum absolute atomic E-state index is 0.235. The molecule has 2 aliphatic heterocycles. The van der Waals surface area contributed by atoms with Gasteiger partial charge < -0.3 is 29.7 Å². The number of rotatable bonds is 7. The van der Waals surface area contributed by atoms with Crippen molar-refractivity contribution in [3.8, 4) is 11.5 Å². The van der Waals surface area contributed by atoms with E-state index >= 15 is 0 Å². The molecular weight excluding hydrogens is 422 g/mol. The van der Waals surface area contributed by atoms with Gasteiger partial charge in [-0.25, -0.2) is 9.59 Å². The average Bonchev–Trinajstić information content (AvgIpc) is 2.83. The summed E-state index contributed by atoms with van der Waals surface area (Å²) in [5, 5.41) is 5.74. The van der Waals surface area contributed by atoms with E-state index in [0.717, 1.165) is 36.4 Å². The van der Waals surface area contributed by atoms with E-state index in [1.54, 1.807) is 33.3 Å². The minimum atomic E-state index is -0.638. The van der Waals surface area contributed by atoms with Crippen LogP contribution in [0, 0.1) is 0 Å². The maximum atomic E-state index is 13.1. The van der Waals surface area contributed by atoms with Gasteiger partial charge in [-0.3, -0.25) is 0 Å². The number of nitrogens with zero attached hydrogens (tertiary/aromatic N) is 1. The summed E-state index contributed by atoms with van der Waals surface area (Å²) in [6.07, 6.45) is 1.92. The number of amides is 2. The number of hydrogen-bond acceptors (Lipinski definition) is 6. The Balaban J connectivity index is 1.76. The van der Waals surface area contributed by atoms with Crippen LogP contribution in [0.3, 0.4) is 0 Å². The van der Waals surface area contributed by atoms with Gasteiger partial charge in [0.2, 0.25) is 0 Å². The van der Waals surface area contributed by atoms with Crippen LogP contribution in [0.1, 0.15) is 30.5 Å². The molecule has 0 saturated carbocycles. The van der Waals surface area contributed by atoms with Crippen molar-refractivity contribution in [3.63, 3.8) is 0 Å². The number of para-hydroxylation sites is 1. The fraction of sp³-hybridized carbons (Fsp3) is 0.360. The van der Waals surface area contributed by atoms with E-state index in [4.69, 9.17) is 14.2 Å². The molecule has 2 heterocycles. The SMILES string of the molecule is CCOC(=O)C1=C(CN2CCCc3cccc(OC)c32)NC(=O)NC1c1ccc(OC)cc1. The van der Waals surface area contributed by atoms with Crippen LogP contribution in [0.25, 0.3) is 0 Å². The van der Waals surface area contributed by atoms with E-state index in [2.05, 4.69) is 21.6 Å². The molecule has 2 aliphatic rings. The van der Waals surface area contributed by atoms with Crippen LogP contribution < -0.4 is 25.0 Å². The minimum Gasteiger partial charge on any atom is -0.497 e. The maximum Gasteiger partial charge on any atom is 0.338 e. The van der Waals surface area contributed by atoms with Gasteiger partial charge in [0, 0.05) is 6.54 Å². The quantitative estimate of drug-likeness (QED) is 0.628. The number of benzene rings is 2. The molecule has 0 fully saturated rings. The van der Waals surface area contributed by atoms with Gasteiger partial charge in [0.05, 0.1) is 50.4 Å². The van der Waals surface area contributed by atoms with Crippen molar-refractivity contribution in [2.24, 2.45) is 0 Å². The molecule has 0 radical (unpaired) electrons. The molecule has 0 spiro atoms. The molecule has 2 amide bonds. The van der Waals surface area contributed by atoms with Crippen LogP contribution in [-0.4, -0.2) is 45.9 Å². The number of ether oxygens (including phenoxy) is 3.